The lowest BCUT2D eigenvalue weighted by Crippen LogP contribution is -2.08. The molecule has 0 saturated heterocycles. The first-order valence-corrected chi connectivity index (χ1v) is 4.87. The Labute approximate surface area is 102 Å². The van der Waals surface area contributed by atoms with Crippen molar-refractivity contribution in [3.8, 4) is 11.8 Å². The highest BCUT2D eigenvalue weighted by Crippen LogP contribution is 2.33. The Hall–Kier alpha value is -2.16. The number of hydrogen-bond donors (Lipinski definition) is 1. The second-order valence-electron chi connectivity index (χ2n) is 3.35. The van der Waals surface area contributed by atoms with Gasteiger partial charge in [-0.25, -0.2) is 0 Å². The third-order valence-corrected chi connectivity index (χ3v) is 2.05. The van der Waals surface area contributed by atoms with E-state index in [1.54, 1.807) is 0 Å². The minimum absolute atomic E-state index is 0.128. The van der Waals surface area contributed by atoms with E-state index in [-0.39, 0.29) is 6.42 Å². The van der Waals surface area contributed by atoms with Crippen LogP contribution in [0.2, 0.25) is 0 Å². The molecule has 1 aromatic carbocycles. The molecule has 0 saturated carbocycles. The maximum Gasteiger partial charge on any atom is 0.418 e. The molecule has 0 aliphatic carbocycles. The minimum Gasteiger partial charge on any atom is -0.468 e. The van der Waals surface area contributed by atoms with Crippen molar-refractivity contribution in [2.45, 2.75) is 12.6 Å². The van der Waals surface area contributed by atoms with Crippen LogP contribution in [0.4, 0.5) is 18.9 Å². The number of nitrogens with two attached hydrogens (primary N) is 1. The highest BCUT2D eigenvalue weighted by molar-refractivity contribution is 5.72. The topological polar surface area (TPSA) is 52.3 Å². The summed E-state index contributed by atoms with van der Waals surface area (Å²) in [5.41, 5.74) is 4.30. The predicted molar refractivity (Wildman–Crippen MR) is 59.4 cm³/mol. The molecular weight excluding hydrogens is 247 g/mol. The SMILES string of the molecule is COC(=O)CC#Cc1ccc(C(F)(F)F)c(N)c1. The van der Waals surface area contributed by atoms with Crippen LogP contribution in [0, 0.1) is 11.8 Å². The van der Waals surface area contributed by atoms with E-state index < -0.39 is 23.4 Å². The second-order valence-corrected chi connectivity index (χ2v) is 3.35. The highest BCUT2D eigenvalue weighted by Gasteiger charge is 2.32. The first kappa shape index (κ1) is 13.9. The molecule has 0 aromatic heterocycles. The Morgan fingerprint density at radius 1 is 1.44 bits per heavy atom. The van der Waals surface area contributed by atoms with E-state index in [0.29, 0.717) is 5.56 Å². The van der Waals surface area contributed by atoms with Gasteiger partial charge in [-0.15, -0.1) is 0 Å². The number of nitrogen functional groups attached to an aromatic ring is 1. The lowest BCUT2D eigenvalue weighted by Gasteiger charge is -2.09. The maximum absolute atomic E-state index is 12.4. The number of anilines is 1. The van der Waals surface area contributed by atoms with Gasteiger partial charge < -0.3 is 10.5 Å². The molecule has 6 heteroatoms. The van der Waals surface area contributed by atoms with E-state index in [1.807, 2.05) is 0 Å². The highest BCUT2D eigenvalue weighted by atomic mass is 19.4. The molecule has 3 nitrogen and oxygen atoms in total. The summed E-state index contributed by atoms with van der Waals surface area (Å²) < 4.78 is 41.6. The molecule has 0 radical (unpaired) electrons. The standard InChI is InChI=1S/C12H10F3NO2/c1-18-11(17)4-2-3-8-5-6-9(10(16)7-8)12(13,14)15/h5-7H,4,16H2,1H3. The number of halogens is 3. The van der Waals surface area contributed by atoms with Crippen LogP contribution in [0.3, 0.4) is 0 Å². The average Bonchev–Trinajstić information content (AvgIpc) is 2.27. The number of rotatable bonds is 1. The molecule has 18 heavy (non-hydrogen) atoms. The first-order chi connectivity index (χ1) is 8.34. The third kappa shape index (κ3) is 3.70. The van der Waals surface area contributed by atoms with E-state index in [1.165, 1.54) is 13.2 Å². The fraction of sp³-hybridized carbons (Fsp3) is 0.250. The maximum atomic E-state index is 12.4. The van der Waals surface area contributed by atoms with Gasteiger partial charge in [-0.1, -0.05) is 11.8 Å². The van der Waals surface area contributed by atoms with Gasteiger partial charge in [0, 0.05) is 11.3 Å². The molecule has 0 unspecified atom stereocenters. The van der Waals surface area contributed by atoms with Gasteiger partial charge >= 0.3 is 12.1 Å². The van der Waals surface area contributed by atoms with Gasteiger partial charge in [0.05, 0.1) is 12.7 Å². The van der Waals surface area contributed by atoms with Crippen LogP contribution in [0.15, 0.2) is 18.2 Å². The number of carbonyl (C=O) groups is 1. The zero-order valence-electron chi connectivity index (χ0n) is 9.47. The van der Waals surface area contributed by atoms with E-state index in [2.05, 4.69) is 16.6 Å². The zero-order chi connectivity index (χ0) is 13.8. The van der Waals surface area contributed by atoms with Gasteiger partial charge in [0.1, 0.15) is 6.42 Å². The van der Waals surface area contributed by atoms with Crippen molar-refractivity contribution in [2.24, 2.45) is 0 Å². The van der Waals surface area contributed by atoms with Crippen LogP contribution < -0.4 is 5.73 Å². The molecule has 1 aromatic rings. The Bertz CT molecular complexity index is 512. The largest absolute Gasteiger partial charge is 0.468 e. The van der Waals surface area contributed by atoms with Gasteiger partial charge in [-0.2, -0.15) is 13.2 Å². The smallest absolute Gasteiger partial charge is 0.418 e. The zero-order valence-corrected chi connectivity index (χ0v) is 9.47. The number of carbonyl (C=O) groups excluding carboxylic acids is 1. The Morgan fingerprint density at radius 2 is 2.11 bits per heavy atom. The molecule has 0 aliphatic rings. The van der Waals surface area contributed by atoms with E-state index in [0.717, 1.165) is 12.1 Å². The third-order valence-electron chi connectivity index (χ3n) is 2.05. The van der Waals surface area contributed by atoms with Crippen LogP contribution in [-0.4, -0.2) is 13.1 Å². The van der Waals surface area contributed by atoms with Crippen molar-refractivity contribution in [2.75, 3.05) is 12.8 Å². The molecule has 1 rings (SSSR count). The lowest BCUT2D eigenvalue weighted by atomic mass is 10.1. The fourth-order valence-corrected chi connectivity index (χ4v) is 1.19. The Morgan fingerprint density at radius 3 is 2.61 bits per heavy atom. The summed E-state index contributed by atoms with van der Waals surface area (Å²) in [6, 6.07) is 3.17. The first-order valence-electron chi connectivity index (χ1n) is 4.87. The number of methoxy groups -OCH3 is 1. The van der Waals surface area contributed by atoms with Crippen molar-refractivity contribution in [3.63, 3.8) is 0 Å². The summed E-state index contributed by atoms with van der Waals surface area (Å²) in [4.78, 5) is 10.8. The number of hydrogen-bond acceptors (Lipinski definition) is 3. The molecular formula is C12H10F3NO2. The molecule has 0 fully saturated rings. The van der Waals surface area contributed by atoms with Crippen molar-refractivity contribution in [1.82, 2.24) is 0 Å². The van der Waals surface area contributed by atoms with E-state index in [9.17, 15) is 18.0 Å². The quantitative estimate of drug-likeness (QED) is 0.476. The summed E-state index contributed by atoms with van der Waals surface area (Å²) >= 11 is 0. The summed E-state index contributed by atoms with van der Waals surface area (Å²) in [5, 5.41) is 0. The molecule has 0 amide bonds. The van der Waals surface area contributed by atoms with Crippen LogP contribution in [0.1, 0.15) is 17.5 Å². The van der Waals surface area contributed by atoms with Gasteiger partial charge in [-0.3, -0.25) is 4.79 Å². The average molecular weight is 257 g/mol. The summed E-state index contributed by atoms with van der Waals surface area (Å²) in [7, 11) is 1.22. The van der Waals surface area contributed by atoms with Gasteiger partial charge in [0.25, 0.3) is 0 Å². The van der Waals surface area contributed by atoms with E-state index in [4.69, 9.17) is 5.73 Å². The number of benzene rings is 1. The van der Waals surface area contributed by atoms with Crippen molar-refractivity contribution in [3.05, 3.63) is 29.3 Å². The van der Waals surface area contributed by atoms with Crippen LogP contribution in [0.25, 0.3) is 0 Å². The van der Waals surface area contributed by atoms with Crippen LogP contribution in [0.5, 0.6) is 0 Å². The van der Waals surface area contributed by atoms with E-state index >= 15 is 0 Å². The normalized spacial score (nSPS) is 10.4. The van der Waals surface area contributed by atoms with Crippen LogP contribution >= 0.6 is 0 Å². The van der Waals surface area contributed by atoms with Crippen molar-refractivity contribution < 1.29 is 22.7 Å². The molecule has 0 heterocycles. The van der Waals surface area contributed by atoms with Gasteiger partial charge in [0.2, 0.25) is 0 Å². The number of alkyl halides is 3. The minimum atomic E-state index is -4.48. The molecule has 2 N–H and O–H groups in total. The number of ether oxygens (including phenoxy) is 1. The molecule has 0 aliphatic heterocycles. The van der Waals surface area contributed by atoms with Crippen molar-refractivity contribution >= 4 is 11.7 Å². The predicted octanol–water partition coefficient (Wildman–Crippen LogP) is 2.20. The van der Waals surface area contributed by atoms with Gasteiger partial charge in [-0.05, 0) is 18.2 Å². The monoisotopic (exact) mass is 257 g/mol. The fourth-order valence-electron chi connectivity index (χ4n) is 1.19. The Balaban J connectivity index is 2.89. The lowest BCUT2D eigenvalue weighted by molar-refractivity contribution is -0.139. The van der Waals surface area contributed by atoms with Crippen LogP contribution in [-0.2, 0) is 15.7 Å². The van der Waals surface area contributed by atoms with Gasteiger partial charge in [0.15, 0.2) is 0 Å². The molecule has 0 atom stereocenters. The summed E-state index contributed by atoms with van der Waals surface area (Å²) in [6.07, 6.45) is -4.61. The molecule has 0 spiro atoms. The van der Waals surface area contributed by atoms with Crippen molar-refractivity contribution in [1.29, 1.82) is 0 Å². The summed E-state index contributed by atoms with van der Waals surface area (Å²) in [6.45, 7) is 0. The second kappa shape index (κ2) is 5.45. The summed E-state index contributed by atoms with van der Waals surface area (Å²) in [5.74, 6) is 4.50. The molecule has 96 valence electrons. The Kier molecular flexibility index (Phi) is 4.21. The molecule has 0 bridgehead atoms. The number of esters is 1.